The van der Waals surface area contributed by atoms with Crippen molar-refractivity contribution in [2.75, 3.05) is 7.11 Å². The molecule has 0 aromatic heterocycles. The average molecular weight is 524 g/mol. The number of carbonyl (C=O) groups is 1. The first-order valence-corrected chi connectivity index (χ1v) is 19.0. The molecule has 0 bridgehead atoms. The second-order valence-corrected chi connectivity index (χ2v) is 28.6. The van der Waals surface area contributed by atoms with Crippen molar-refractivity contribution in [1.82, 2.24) is 0 Å². The van der Waals surface area contributed by atoms with Crippen LogP contribution in [0.5, 0.6) is 5.75 Å². The van der Waals surface area contributed by atoms with Gasteiger partial charge in [0, 0.05) is 0 Å². The predicted molar refractivity (Wildman–Crippen MR) is 95.0 cm³/mol. The van der Waals surface area contributed by atoms with Crippen LogP contribution in [0.3, 0.4) is 0 Å². The van der Waals surface area contributed by atoms with Crippen LogP contribution in [0.15, 0.2) is 54.6 Å². The van der Waals surface area contributed by atoms with E-state index in [-0.39, 0.29) is 5.78 Å². The molecule has 3 rings (SSSR count). The molecule has 2 aromatic rings. The van der Waals surface area contributed by atoms with Crippen LogP contribution in [-0.2, 0) is 0 Å². The first kappa shape index (κ1) is 15.3. The molecule has 2 aromatic carbocycles. The van der Waals surface area contributed by atoms with Gasteiger partial charge >= 0.3 is 140 Å². The van der Waals surface area contributed by atoms with Crippen LogP contribution in [0.25, 0.3) is 3.62 Å². The molecule has 2 nitrogen and oxygen atoms in total. The Bertz CT molecular complexity index is 739. The number of hydrogen-bond donors (Lipinski definition) is 0. The first-order valence-electron chi connectivity index (χ1n) is 6.26. The SMILES string of the molecule is COc1ccc2c(c1)[Te](Br)(Br)C(c1ccccc1)=CC2=O. The van der Waals surface area contributed by atoms with E-state index in [2.05, 4.69) is 25.5 Å². The summed E-state index contributed by atoms with van der Waals surface area (Å²) in [5, 5.41) is 0. The summed E-state index contributed by atoms with van der Waals surface area (Å²) >= 11 is 4.93. The van der Waals surface area contributed by atoms with Crippen molar-refractivity contribution < 1.29 is 9.53 Å². The van der Waals surface area contributed by atoms with Crippen LogP contribution in [-0.4, -0.2) is 26.7 Å². The maximum absolute atomic E-state index is 12.4. The van der Waals surface area contributed by atoms with E-state index in [1.54, 1.807) is 13.2 Å². The summed E-state index contributed by atoms with van der Waals surface area (Å²) < 4.78 is 7.43. The molecule has 21 heavy (non-hydrogen) atoms. The number of benzene rings is 2. The molecule has 1 aliphatic rings. The standard InChI is InChI=1S/C16H12Br2O2Te/c1-20-12-7-8-13-14(19)10-15(11-5-3-2-4-6-11)21(17,18)16(13)9-12/h2-10H,1H3. The molecule has 0 atom stereocenters. The first-order chi connectivity index (χ1) is 10.0. The van der Waals surface area contributed by atoms with Gasteiger partial charge in [0.15, 0.2) is 0 Å². The number of allylic oxidation sites excluding steroid dienone is 1. The Morgan fingerprint density at radius 1 is 1.05 bits per heavy atom. The summed E-state index contributed by atoms with van der Waals surface area (Å²) in [6.07, 6.45) is 1.76. The van der Waals surface area contributed by atoms with E-state index >= 15 is 0 Å². The quantitative estimate of drug-likeness (QED) is 0.558. The van der Waals surface area contributed by atoms with Gasteiger partial charge in [0.2, 0.25) is 0 Å². The van der Waals surface area contributed by atoms with E-state index in [1.165, 1.54) is 0 Å². The summed E-state index contributed by atoms with van der Waals surface area (Å²) in [5.41, 5.74) is 1.83. The normalized spacial score (nSPS) is 17.7. The van der Waals surface area contributed by atoms with Crippen molar-refractivity contribution in [3.05, 3.63) is 65.7 Å². The molecule has 108 valence electrons. The number of rotatable bonds is 2. The van der Waals surface area contributed by atoms with E-state index in [4.69, 9.17) is 4.74 Å². The molecule has 0 fully saturated rings. The van der Waals surface area contributed by atoms with Gasteiger partial charge in [0.1, 0.15) is 0 Å². The molecule has 0 N–H and O–H groups in total. The second kappa shape index (κ2) is 5.89. The summed E-state index contributed by atoms with van der Waals surface area (Å²) in [4.78, 5) is 12.4. The average Bonchev–Trinajstić information content (AvgIpc) is 2.51. The zero-order valence-corrected chi connectivity index (χ0v) is 16.7. The number of ether oxygens (including phenoxy) is 1. The molecule has 1 aliphatic heterocycles. The molecule has 5 heteroatoms. The van der Waals surface area contributed by atoms with Gasteiger partial charge in [-0.25, -0.2) is 0 Å². The fourth-order valence-corrected chi connectivity index (χ4v) is 14.3. The molecule has 0 spiro atoms. The molecule has 1 heterocycles. The number of fused-ring (bicyclic) bond motifs is 1. The zero-order valence-electron chi connectivity index (χ0n) is 11.2. The van der Waals surface area contributed by atoms with Gasteiger partial charge in [-0.2, -0.15) is 0 Å². The Kier molecular flexibility index (Phi) is 4.29. The molecule has 0 radical (unpaired) electrons. The zero-order chi connectivity index (χ0) is 15.0. The Labute approximate surface area is 139 Å². The van der Waals surface area contributed by atoms with E-state index in [9.17, 15) is 4.79 Å². The summed E-state index contributed by atoms with van der Waals surface area (Å²) in [6, 6.07) is 15.7. The number of halogens is 2. The molecule has 0 amide bonds. The van der Waals surface area contributed by atoms with E-state index in [1.807, 2.05) is 48.5 Å². The number of hydrogen-bond acceptors (Lipinski definition) is 2. The van der Waals surface area contributed by atoms with Crippen LogP contribution in [0, 0.1) is 0 Å². The van der Waals surface area contributed by atoms with Crippen molar-refractivity contribution in [2.24, 2.45) is 0 Å². The third-order valence-electron chi connectivity index (χ3n) is 3.33. The molecular weight excluding hydrogens is 512 g/mol. The fraction of sp³-hybridized carbons (Fsp3) is 0.0625. The minimum atomic E-state index is -2.90. The third kappa shape index (κ3) is 2.73. The summed E-state index contributed by atoms with van der Waals surface area (Å²) in [6.45, 7) is 0. The van der Waals surface area contributed by atoms with Gasteiger partial charge in [0.25, 0.3) is 0 Å². The third-order valence-corrected chi connectivity index (χ3v) is 17.8. The van der Waals surface area contributed by atoms with Gasteiger partial charge < -0.3 is 0 Å². The summed E-state index contributed by atoms with van der Waals surface area (Å²) in [7, 11) is 1.64. The molecule has 0 unspecified atom stereocenters. The Balaban J connectivity index is 2.20. The van der Waals surface area contributed by atoms with Crippen molar-refractivity contribution in [3.63, 3.8) is 0 Å². The van der Waals surface area contributed by atoms with Gasteiger partial charge in [-0.1, -0.05) is 0 Å². The van der Waals surface area contributed by atoms with E-state index in [0.29, 0.717) is 0 Å². The minimum absolute atomic E-state index is 0.0485. The van der Waals surface area contributed by atoms with E-state index < -0.39 is 13.8 Å². The Morgan fingerprint density at radius 3 is 2.43 bits per heavy atom. The van der Waals surface area contributed by atoms with Crippen molar-refractivity contribution in [1.29, 1.82) is 0 Å². The van der Waals surface area contributed by atoms with Crippen LogP contribution >= 0.6 is 25.5 Å². The number of carbonyl (C=O) groups excluding carboxylic acids is 1. The molecule has 0 aliphatic carbocycles. The maximum atomic E-state index is 12.4. The topological polar surface area (TPSA) is 26.3 Å². The van der Waals surface area contributed by atoms with Gasteiger partial charge in [-0.15, -0.1) is 0 Å². The van der Waals surface area contributed by atoms with Crippen LogP contribution in [0.1, 0.15) is 15.9 Å². The van der Waals surface area contributed by atoms with Gasteiger partial charge in [0.05, 0.1) is 0 Å². The van der Waals surface area contributed by atoms with Gasteiger partial charge in [-0.05, 0) is 0 Å². The predicted octanol–water partition coefficient (Wildman–Crippen LogP) is 3.95. The van der Waals surface area contributed by atoms with Crippen molar-refractivity contribution >= 4 is 52.3 Å². The number of methoxy groups -OCH3 is 1. The summed E-state index contributed by atoms with van der Waals surface area (Å²) in [5.74, 6) is 0.817. The Hall–Kier alpha value is -0.600. The van der Waals surface area contributed by atoms with Crippen molar-refractivity contribution in [2.45, 2.75) is 0 Å². The fourth-order valence-electron chi connectivity index (χ4n) is 2.27. The van der Waals surface area contributed by atoms with Crippen molar-refractivity contribution in [3.8, 4) is 5.75 Å². The van der Waals surface area contributed by atoms with Crippen LogP contribution < -0.4 is 8.35 Å². The van der Waals surface area contributed by atoms with E-state index in [0.717, 1.165) is 24.1 Å². The number of ketones is 1. The second-order valence-electron chi connectivity index (χ2n) is 4.57. The molecule has 0 saturated heterocycles. The molecular formula is C16H12Br2O2Te. The monoisotopic (exact) mass is 524 g/mol. The van der Waals surface area contributed by atoms with Gasteiger partial charge in [-0.3, -0.25) is 0 Å². The van der Waals surface area contributed by atoms with Crippen LogP contribution in [0.4, 0.5) is 0 Å². The Morgan fingerprint density at radius 2 is 1.76 bits per heavy atom. The molecule has 0 saturated carbocycles. The van der Waals surface area contributed by atoms with Crippen LogP contribution in [0.2, 0.25) is 0 Å².